The van der Waals surface area contributed by atoms with Crippen LogP contribution in [0.15, 0.2) is 303 Å². The Morgan fingerprint density at radius 3 is 1.50 bits per heavy atom. The van der Waals surface area contributed by atoms with Gasteiger partial charge in [-0.25, -0.2) is 29.9 Å². The minimum Gasteiger partial charge on any atom is -0.455 e. The van der Waals surface area contributed by atoms with Crippen LogP contribution < -0.4 is 0 Å². The van der Waals surface area contributed by atoms with Gasteiger partial charge in [-0.1, -0.05) is 188 Å². The smallest absolute Gasteiger partial charge is 0.240 e. The Labute approximate surface area is 635 Å². The highest BCUT2D eigenvalue weighted by atomic mass is 32.1. The Morgan fingerprint density at radius 2 is 0.812 bits per heavy atom. The SMILES string of the molecule is c1ccc(-c2nc(-c3ccc(-c4cccc(-c5cnc6sc7c(c6n5)c5c6nccnc6n(-c6cccc8ccccc68)c5c5c7c6nccnc6n5-c5nc(-c6ccccc6)nc(-c6ccccc6)n5)c4)cc3)nc(-n3c4ccncc4c4c5oc6ccncc6c5c5c6cnccc6n(-c6ccccc6)c5c43)n2)cc1. The van der Waals surface area contributed by atoms with Crippen LogP contribution in [0.4, 0.5) is 0 Å². The first-order chi connectivity index (χ1) is 55.6. The zero-order valence-corrected chi connectivity index (χ0v) is 59.4. The third-order valence-corrected chi connectivity index (χ3v) is 22.5. The fourth-order valence-corrected chi connectivity index (χ4v) is 17.8. The van der Waals surface area contributed by atoms with Crippen LogP contribution in [0, 0.1) is 0 Å². The molecule has 14 heterocycles. The molecule has 112 heavy (non-hydrogen) atoms. The molecule has 0 amide bonds. The molecule has 0 fully saturated rings. The largest absolute Gasteiger partial charge is 0.455 e. The molecular weight excluding hydrogens is 1410 g/mol. The number of nitrogens with zero attached hydrogens (tertiary/aromatic N) is 19. The van der Waals surface area contributed by atoms with E-state index in [9.17, 15) is 0 Å². The van der Waals surface area contributed by atoms with Crippen molar-refractivity contribution < 1.29 is 4.42 Å². The number of aromatic nitrogens is 19. The van der Waals surface area contributed by atoms with E-state index in [0.29, 0.717) is 79.9 Å². The maximum atomic E-state index is 7.02. The van der Waals surface area contributed by atoms with Crippen molar-refractivity contribution in [2.24, 2.45) is 0 Å². The van der Waals surface area contributed by atoms with Crippen LogP contribution in [0.2, 0.25) is 0 Å². The number of thiophene rings is 1. The Hall–Kier alpha value is -15.6. The molecule has 14 aromatic heterocycles. The van der Waals surface area contributed by atoms with E-state index in [1.54, 1.807) is 42.3 Å². The molecule has 0 N–H and O–H groups in total. The van der Waals surface area contributed by atoms with Crippen molar-refractivity contribution in [2.75, 3.05) is 0 Å². The maximum Gasteiger partial charge on any atom is 0.240 e. The van der Waals surface area contributed by atoms with E-state index in [2.05, 4.69) is 140 Å². The van der Waals surface area contributed by atoms with Crippen molar-refractivity contribution in [3.05, 3.63) is 299 Å². The van der Waals surface area contributed by atoms with Crippen molar-refractivity contribution in [1.82, 2.24) is 93.0 Å². The van der Waals surface area contributed by atoms with Gasteiger partial charge in [-0.2, -0.15) is 19.9 Å². The lowest BCUT2D eigenvalue weighted by atomic mass is 10.0. The topological polar surface area (TPSA) is 226 Å². The summed E-state index contributed by atoms with van der Waals surface area (Å²) < 4.78 is 16.7. The molecule has 0 unspecified atom stereocenters. The summed E-state index contributed by atoms with van der Waals surface area (Å²) in [6.07, 6.45) is 20.0. The van der Waals surface area contributed by atoms with Crippen LogP contribution in [0.3, 0.4) is 0 Å². The molecule has 0 atom stereocenters. The van der Waals surface area contributed by atoms with E-state index < -0.39 is 0 Å². The summed E-state index contributed by atoms with van der Waals surface area (Å²) in [6.45, 7) is 0. The minimum absolute atomic E-state index is 0.359. The van der Waals surface area contributed by atoms with Crippen molar-refractivity contribution in [3.63, 3.8) is 0 Å². The van der Waals surface area contributed by atoms with E-state index in [-0.39, 0.29) is 0 Å². The Morgan fingerprint density at radius 1 is 0.304 bits per heavy atom. The normalized spacial score (nSPS) is 12.1. The van der Waals surface area contributed by atoms with Crippen molar-refractivity contribution in [1.29, 1.82) is 0 Å². The zero-order valence-electron chi connectivity index (χ0n) is 58.6. The lowest BCUT2D eigenvalue weighted by Gasteiger charge is -2.14. The third kappa shape index (κ3) is 9.06. The molecule has 0 aliphatic carbocycles. The summed E-state index contributed by atoms with van der Waals surface area (Å²) in [5.74, 6) is 2.75. The van der Waals surface area contributed by atoms with Crippen LogP contribution >= 0.6 is 11.3 Å². The average molecular weight is 1460 g/mol. The molecule has 520 valence electrons. The van der Waals surface area contributed by atoms with E-state index in [0.717, 1.165) is 152 Å². The molecule has 0 radical (unpaired) electrons. The summed E-state index contributed by atoms with van der Waals surface area (Å²) in [5, 5.41) is 10.1. The van der Waals surface area contributed by atoms with E-state index in [4.69, 9.17) is 74.2 Å². The van der Waals surface area contributed by atoms with Gasteiger partial charge in [-0.3, -0.25) is 38.6 Å². The van der Waals surface area contributed by atoms with Gasteiger partial charge in [0.2, 0.25) is 11.9 Å². The Kier molecular flexibility index (Phi) is 13.2. The molecule has 20 nitrogen and oxygen atoms in total. The number of pyridine rings is 3. The van der Waals surface area contributed by atoms with Crippen molar-refractivity contribution in [2.45, 2.75) is 0 Å². The molecule has 0 aliphatic rings. The molecule has 0 bridgehead atoms. The van der Waals surface area contributed by atoms with Crippen LogP contribution in [0.1, 0.15) is 0 Å². The minimum atomic E-state index is 0.359. The second kappa shape index (κ2) is 23.9. The number of fused-ring (bicyclic) bond motifs is 25. The summed E-state index contributed by atoms with van der Waals surface area (Å²) in [7, 11) is 0. The number of para-hydroxylation sites is 1. The first kappa shape index (κ1) is 61.5. The predicted molar refractivity (Wildman–Crippen MR) is 441 cm³/mol. The van der Waals surface area contributed by atoms with Crippen LogP contribution in [-0.4, -0.2) is 93.0 Å². The van der Waals surface area contributed by atoms with Gasteiger partial charge in [-0.05, 0) is 59.0 Å². The van der Waals surface area contributed by atoms with Crippen molar-refractivity contribution >= 4 is 152 Å². The number of furan rings is 1. The van der Waals surface area contributed by atoms with Gasteiger partial charge < -0.3 is 8.98 Å². The van der Waals surface area contributed by atoms with Gasteiger partial charge in [0, 0.05) is 144 Å². The highest BCUT2D eigenvalue weighted by Gasteiger charge is 2.34. The summed E-state index contributed by atoms with van der Waals surface area (Å²) in [4.78, 5) is 78.9. The summed E-state index contributed by atoms with van der Waals surface area (Å²) in [5.41, 5.74) is 18.4. The first-order valence-corrected chi connectivity index (χ1v) is 37.2. The van der Waals surface area contributed by atoms with Gasteiger partial charge >= 0.3 is 0 Å². The average Bonchev–Trinajstić information content (AvgIpc) is 1.53. The summed E-state index contributed by atoms with van der Waals surface area (Å²) >= 11 is 1.56. The molecular formula is C91H49N19OS. The van der Waals surface area contributed by atoms with Gasteiger partial charge in [0.05, 0.1) is 60.8 Å². The summed E-state index contributed by atoms with van der Waals surface area (Å²) in [6, 6.07) is 78.1. The lowest BCUT2D eigenvalue weighted by molar-refractivity contribution is 0.672. The molecule has 10 aromatic carbocycles. The van der Waals surface area contributed by atoms with Crippen LogP contribution in [0.5, 0.6) is 0 Å². The monoisotopic (exact) mass is 1460 g/mol. The van der Waals surface area contributed by atoms with Gasteiger partial charge in [0.25, 0.3) is 0 Å². The zero-order chi connectivity index (χ0) is 73.2. The number of rotatable bonds is 10. The molecule has 24 aromatic rings. The standard InChI is InChI=1S/C91H49N19OS/c1-5-18-52(19-6-1)83-102-86(104-90(103-83)109-66-36-39-93-47-61(66)70-78(109)77-68(69-62-48-94-40-37-67(62)111-81(69)70)60-46-92-38-35-65(60)107(77)58-27-11-4-12-28-58)55-33-31-50(32-34-55)56-25-15-26-57(45-56)63-49-99-89-76(100-63)72-71-74-87(97-43-41-95-74)108(64-30-16-24-51-17-13-14-29-59(51)64)79(71)80-73(82(72)112-89)75-88(98-44-42-96-75)110(80)91-105-84(53-20-7-2-8-21-53)101-85(106-91)54-22-9-3-10-23-54/h1-49H. The maximum absolute atomic E-state index is 7.02. The lowest BCUT2D eigenvalue weighted by Crippen LogP contribution is -2.08. The predicted octanol–water partition coefficient (Wildman–Crippen LogP) is 20.4. The van der Waals surface area contributed by atoms with Crippen LogP contribution in [0.25, 0.3) is 232 Å². The van der Waals surface area contributed by atoms with E-state index in [1.165, 1.54) is 0 Å². The third-order valence-electron chi connectivity index (χ3n) is 21.4. The van der Waals surface area contributed by atoms with E-state index in [1.807, 2.05) is 151 Å². The Balaban J connectivity index is 0.688. The van der Waals surface area contributed by atoms with E-state index >= 15 is 0 Å². The molecule has 24 rings (SSSR count). The van der Waals surface area contributed by atoms with Crippen LogP contribution in [-0.2, 0) is 0 Å². The fourth-order valence-electron chi connectivity index (χ4n) is 16.6. The first-order valence-electron chi connectivity index (χ1n) is 36.4. The van der Waals surface area contributed by atoms with Crippen molar-refractivity contribution in [3.8, 4) is 91.2 Å². The molecule has 0 saturated carbocycles. The second-order valence-corrected chi connectivity index (χ2v) is 28.5. The quantitative estimate of drug-likeness (QED) is 0.124. The highest BCUT2D eigenvalue weighted by molar-refractivity contribution is 7.26. The second-order valence-electron chi connectivity index (χ2n) is 27.5. The highest BCUT2D eigenvalue weighted by Crippen LogP contribution is 2.52. The van der Waals surface area contributed by atoms with Gasteiger partial charge in [0.15, 0.2) is 34.6 Å². The molecule has 0 spiro atoms. The molecule has 0 aliphatic heterocycles. The number of hydrogen-bond acceptors (Lipinski definition) is 17. The number of hydrogen-bond donors (Lipinski definition) is 0. The van der Waals surface area contributed by atoms with Gasteiger partial charge in [-0.15, -0.1) is 11.3 Å². The number of benzene rings is 10. The Bertz CT molecular complexity index is 8020. The fraction of sp³-hybridized carbons (Fsp3) is 0. The molecule has 0 saturated heterocycles. The molecule has 21 heteroatoms. The van der Waals surface area contributed by atoms with Gasteiger partial charge in [0.1, 0.15) is 32.5 Å².